The summed E-state index contributed by atoms with van der Waals surface area (Å²) in [7, 11) is -3.81. The summed E-state index contributed by atoms with van der Waals surface area (Å²) in [6.07, 6.45) is 3.80. The first kappa shape index (κ1) is 18.0. The number of hydrogen-bond acceptors (Lipinski definition) is 5. The Morgan fingerprint density at radius 2 is 1.96 bits per heavy atom. The van der Waals surface area contributed by atoms with Gasteiger partial charge in [-0.25, -0.2) is 12.4 Å². The first-order valence-corrected chi connectivity index (χ1v) is 10.9. The summed E-state index contributed by atoms with van der Waals surface area (Å²) in [5.74, 6) is 0.865. The molecule has 136 valence electrons. The van der Waals surface area contributed by atoms with Crippen molar-refractivity contribution in [2.75, 3.05) is 6.61 Å². The molecule has 0 amide bonds. The first-order chi connectivity index (χ1) is 12.4. The van der Waals surface area contributed by atoms with Crippen molar-refractivity contribution in [3.05, 3.63) is 44.9 Å². The number of rotatable bonds is 5. The number of nitrogens with zero attached hydrogens (tertiary/aromatic N) is 3. The maximum absolute atomic E-state index is 13.1. The monoisotopic (exact) mass is 503 g/mol. The van der Waals surface area contributed by atoms with E-state index in [1.165, 1.54) is 6.20 Å². The van der Waals surface area contributed by atoms with Gasteiger partial charge in [-0.1, -0.05) is 17.7 Å². The minimum absolute atomic E-state index is 0.0434. The topological polar surface area (TPSA) is 74.1 Å². The lowest BCUT2D eigenvalue weighted by atomic mass is 10.2. The van der Waals surface area contributed by atoms with Crippen molar-refractivity contribution in [2.24, 2.45) is 5.92 Å². The van der Waals surface area contributed by atoms with E-state index in [0.717, 1.165) is 22.4 Å². The molecule has 9 heteroatoms. The second-order valence-electron chi connectivity index (χ2n) is 6.34. The summed E-state index contributed by atoms with van der Waals surface area (Å²) in [6.45, 7) is 2.45. The van der Waals surface area contributed by atoms with Crippen LogP contribution in [-0.2, 0) is 10.0 Å². The summed E-state index contributed by atoms with van der Waals surface area (Å²) in [4.78, 5) is 8.51. The molecule has 0 bridgehead atoms. The Morgan fingerprint density at radius 1 is 1.27 bits per heavy atom. The Labute approximate surface area is 169 Å². The van der Waals surface area contributed by atoms with Gasteiger partial charge in [-0.2, -0.15) is 9.97 Å². The second kappa shape index (κ2) is 6.65. The summed E-state index contributed by atoms with van der Waals surface area (Å²) in [5, 5.41) is 0.518. The molecule has 26 heavy (non-hydrogen) atoms. The molecule has 6 nitrogen and oxygen atoms in total. The van der Waals surface area contributed by atoms with Crippen LogP contribution in [-0.4, -0.2) is 29.0 Å². The first-order valence-electron chi connectivity index (χ1n) is 8.05. The average Bonchev–Trinajstić information content (AvgIpc) is 3.36. The van der Waals surface area contributed by atoms with Crippen LogP contribution in [0.1, 0.15) is 18.4 Å². The van der Waals surface area contributed by atoms with E-state index >= 15 is 0 Å². The fraction of sp³-hybridized carbons (Fsp3) is 0.294. The predicted molar refractivity (Wildman–Crippen MR) is 107 cm³/mol. The molecule has 0 saturated heterocycles. The van der Waals surface area contributed by atoms with Crippen molar-refractivity contribution in [3.8, 4) is 5.88 Å². The number of aromatic nitrogens is 3. The molecule has 1 fully saturated rings. The van der Waals surface area contributed by atoms with E-state index in [-0.39, 0.29) is 15.8 Å². The van der Waals surface area contributed by atoms with Crippen LogP contribution < -0.4 is 4.74 Å². The maximum Gasteiger partial charge on any atom is 0.269 e. The highest BCUT2D eigenvalue weighted by atomic mass is 127. The summed E-state index contributed by atoms with van der Waals surface area (Å²) in [5.41, 5.74) is 1.21. The number of hydrogen-bond donors (Lipinski definition) is 0. The van der Waals surface area contributed by atoms with Crippen molar-refractivity contribution < 1.29 is 13.2 Å². The number of fused-ring (bicyclic) bond motifs is 1. The zero-order chi connectivity index (χ0) is 18.5. The van der Waals surface area contributed by atoms with E-state index < -0.39 is 10.0 Å². The van der Waals surface area contributed by atoms with Gasteiger partial charge in [0.25, 0.3) is 10.0 Å². The normalized spacial score (nSPS) is 14.7. The molecule has 3 aromatic rings. The van der Waals surface area contributed by atoms with Crippen LogP contribution in [0.3, 0.4) is 0 Å². The molecule has 1 aromatic carbocycles. The molecule has 1 aliphatic rings. The van der Waals surface area contributed by atoms with E-state index in [1.807, 2.05) is 6.92 Å². The van der Waals surface area contributed by atoms with Gasteiger partial charge in [-0.05, 0) is 72.0 Å². The quantitative estimate of drug-likeness (QED) is 0.388. The Kier molecular flexibility index (Phi) is 4.60. The Bertz CT molecular complexity index is 1090. The van der Waals surface area contributed by atoms with Crippen LogP contribution in [0.15, 0.2) is 35.4 Å². The molecule has 0 N–H and O–H groups in total. The lowest BCUT2D eigenvalue weighted by Gasteiger charge is -2.09. The van der Waals surface area contributed by atoms with Crippen LogP contribution in [0, 0.1) is 16.4 Å². The highest BCUT2D eigenvalue weighted by Gasteiger charge is 2.27. The number of benzene rings is 1. The van der Waals surface area contributed by atoms with Crippen LogP contribution in [0.25, 0.3) is 11.0 Å². The third kappa shape index (κ3) is 3.29. The van der Waals surface area contributed by atoms with Gasteiger partial charge < -0.3 is 4.74 Å². The van der Waals surface area contributed by atoms with Gasteiger partial charge in [0.2, 0.25) is 11.2 Å². The Balaban J connectivity index is 1.86. The van der Waals surface area contributed by atoms with Crippen LogP contribution in [0.5, 0.6) is 5.88 Å². The second-order valence-corrected chi connectivity index (χ2v) is 9.66. The minimum atomic E-state index is -3.81. The predicted octanol–water partition coefficient (Wildman–Crippen LogP) is 4.02. The zero-order valence-corrected chi connectivity index (χ0v) is 17.5. The van der Waals surface area contributed by atoms with Crippen LogP contribution in [0.2, 0.25) is 5.28 Å². The van der Waals surface area contributed by atoms with E-state index in [4.69, 9.17) is 16.3 Å². The van der Waals surface area contributed by atoms with Gasteiger partial charge in [-0.3, -0.25) is 0 Å². The molecule has 0 aliphatic heterocycles. The smallest absolute Gasteiger partial charge is 0.269 e. The molecule has 2 aromatic heterocycles. The van der Waals surface area contributed by atoms with E-state index in [9.17, 15) is 8.42 Å². The standard InChI is InChI=1S/C17H15ClIN3O3S/c1-10-2-6-12(7-3-10)26(23,24)22-8-13(19)14-15(22)20-17(18)21-16(14)25-9-11-4-5-11/h2-3,6-8,11H,4-5,9H2,1H3. The highest BCUT2D eigenvalue weighted by molar-refractivity contribution is 14.1. The summed E-state index contributed by atoms with van der Waals surface area (Å²) < 4.78 is 33.8. The van der Waals surface area contributed by atoms with Crippen LogP contribution in [0.4, 0.5) is 0 Å². The van der Waals surface area contributed by atoms with Gasteiger partial charge in [0.1, 0.15) is 0 Å². The van der Waals surface area contributed by atoms with Crippen LogP contribution >= 0.6 is 34.2 Å². The molecule has 2 heterocycles. The molecule has 4 rings (SSSR count). The molecule has 0 atom stereocenters. The minimum Gasteiger partial charge on any atom is -0.477 e. The number of ether oxygens (including phenoxy) is 1. The lowest BCUT2D eigenvalue weighted by Crippen LogP contribution is -2.13. The van der Waals surface area contributed by atoms with Gasteiger partial charge in [0.15, 0.2) is 5.65 Å². The summed E-state index contributed by atoms with van der Waals surface area (Å²) in [6, 6.07) is 6.68. The maximum atomic E-state index is 13.1. The van der Waals surface area contributed by atoms with Gasteiger partial charge >= 0.3 is 0 Å². The van der Waals surface area contributed by atoms with Crippen molar-refractivity contribution in [1.29, 1.82) is 0 Å². The van der Waals surface area contributed by atoms with E-state index in [0.29, 0.717) is 27.4 Å². The Morgan fingerprint density at radius 3 is 2.62 bits per heavy atom. The van der Waals surface area contributed by atoms with Crippen molar-refractivity contribution in [1.82, 2.24) is 13.9 Å². The molecular weight excluding hydrogens is 489 g/mol. The third-order valence-electron chi connectivity index (χ3n) is 4.24. The van der Waals surface area contributed by atoms with Gasteiger partial charge in [0.05, 0.1) is 16.9 Å². The van der Waals surface area contributed by atoms with Crippen molar-refractivity contribution >= 4 is 55.2 Å². The average molecular weight is 504 g/mol. The fourth-order valence-corrected chi connectivity index (χ4v) is 5.00. The molecule has 0 unspecified atom stereocenters. The fourth-order valence-electron chi connectivity index (χ4n) is 2.59. The SMILES string of the molecule is Cc1ccc(S(=O)(=O)n2cc(I)c3c(OCC4CC4)nc(Cl)nc32)cc1. The molecule has 1 aliphatic carbocycles. The Hall–Kier alpha value is -1.39. The lowest BCUT2D eigenvalue weighted by molar-refractivity contribution is 0.292. The zero-order valence-electron chi connectivity index (χ0n) is 13.8. The molecule has 0 spiro atoms. The largest absolute Gasteiger partial charge is 0.477 e. The highest BCUT2D eigenvalue weighted by Crippen LogP contribution is 2.35. The number of aryl methyl sites for hydroxylation is 1. The van der Waals surface area contributed by atoms with Gasteiger partial charge in [0, 0.05) is 9.77 Å². The van der Waals surface area contributed by atoms with Crippen molar-refractivity contribution in [3.63, 3.8) is 0 Å². The van der Waals surface area contributed by atoms with Crippen molar-refractivity contribution in [2.45, 2.75) is 24.7 Å². The van der Waals surface area contributed by atoms with E-state index in [1.54, 1.807) is 24.3 Å². The van der Waals surface area contributed by atoms with Gasteiger partial charge in [-0.15, -0.1) is 0 Å². The third-order valence-corrected chi connectivity index (χ3v) is 6.89. The number of halogens is 2. The molecule has 1 saturated carbocycles. The summed E-state index contributed by atoms with van der Waals surface area (Å²) >= 11 is 8.11. The van der Waals surface area contributed by atoms with E-state index in [2.05, 4.69) is 32.6 Å². The molecule has 0 radical (unpaired) electrons. The molecular formula is C17H15ClIN3O3S.